The van der Waals surface area contributed by atoms with Crippen molar-refractivity contribution in [2.24, 2.45) is 11.8 Å². The number of fused-ring (bicyclic) bond motifs is 1. The molecule has 0 aromatic heterocycles. The Morgan fingerprint density at radius 2 is 2.13 bits per heavy atom. The lowest BCUT2D eigenvalue weighted by atomic mass is 10.1. The summed E-state index contributed by atoms with van der Waals surface area (Å²) in [6.07, 6.45) is 1.41. The molecule has 0 aromatic rings. The summed E-state index contributed by atoms with van der Waals surface area (Å²) >= 11 is 0. The summed E-state index contributed by atoms with van der Waals surface area (Å²) in [5.74, 6) is 0.600. The summed E-state index contributed by atoms with van der Waals surface area (Å²) in [5, 5.41) is 0. The second-order valence-electron chi connectivity index (χ2n) is 5.36. The lowest BCUT2D eigenvalue weighted by Crippen LogP contribution is -2.44. The molecule has 4 heteroatoms. The van der Waals surface area contributed by atoms with Gasteiger partial charge in [0.25, 0.3) is 0 Å². The Balaban J connectivity index is 1.98. The van der Waals surface area contributed by atoms with E-state index in [1.807, 2.05) is 0 Å². The number of rotatable bonds is 0. The van der Waals surface area contributed by atoms with E-state index in [2.05, 4.69) is 0 Å². The Morgan fingerprint density at radius 1 is 1.47 bits per heavy atom. The summed E-state index contributed by atoms with van der Waals surface area (Å²) in [4.78, 5) is 24.7. The molecule has 1 saturated heterocycles. The summed E-state index contributed by atoms with van der Waals surface area (Å²) in [6.45, 7) is 5.94. The van der Waals surface area contributed by atoms with E-state index in [1.54, 1.807) is 20.8 Å². The van der Waals surface area contributed by atoms with Gasteiger partial charge in [-0.05, 0) is 39.5 Å². The predicted octanol–water partition coefficient (Wildman–Crippen LogP) is 1.79. The second-order valence-corrected chi connectivity index (χ2v) is 5.36. The van der Waals surface area contributed by atoms with E-state index in [4.69, 9.17) is 4.74 Å². The average molecular weight is 211 g/mol. The molecule has 0 aromatic carbocycles. The van der Waals surface area contributed by atoms with Crippen molar-refractivity contribution in [1.82, 2.24) is 4.90 Å². The molecule has 4 nitrogen and oxygen atoms in total. The number of ether oxygens (including phenoxy) is 1. The Bertz CT molecular complexity index is 305. The molecule has 2 aliphatic rings. The van der Waals surface area contributed by atoms with Gasteiger partial charge in [0.15, 0.2) is 0 Å². The number of hydrogen-bond acceptors (Lipinski definition) is 3. The standard InChI is InChI=1S/C11H17NO3/c1-11(2,3)15-10(14)12-5-4-7-6-8(7)9(12)13/h7-8H,4-6H2,1-3H3. The van der Waals surface area contributed by atoms with Crippen molar-refractivity contribution in [2.75, 3.05) is 6.54 Å². The van der Waals surface area contributed by atoms with E-state index in [1.165, 1.54) is 4.90 Å². The van der Waals surface area contributed by atoms with Crippen LogP contribution in [0.2, 0.25) is 0 Å². The first kappa shape index (κ1) is 10.5. The molecule has 1 aliphatic carbocycles. The van der Waals surface area contributed by atoms with Crippen molar-refractivity contribution in [3.8, 4) is 0 Å². The second kappa shape index (κ2) is 3.22. The van der Waals surface area contributed by atoms with Gasteiger partial charge in [-0.3, -0.25) is 4.79 Å². The van der Waals surface area contributed by atoms with E-state index >= 15 is 0 Å². The lowest BCUT2D eigenvalue weighted by Gasteiger charge is -2.28. The minimum atomic E-state index is -0.530. The molecular formula is C11H17NO3. The van der Waals surface area contributed by atoms with Crippen molar-refractivity contribution in [2.45, 2.75) is 39.2 Å². The molecule has 2 unspecified atom stereocenters. The van der Waals surface area contributed by atoms with Crippen molar-refractivity contribution in [3.63, 3.8) is 0 Å². The first-order chi connectivity index (χ1) is 6.88. The highest BCUT2D eigenvalue weighted by Gasteiger charge is 2.50. The third-order valence-corrected chi connectivity index (χ3v) is 2.84. The van der Waals surface area contributed by atoms with Crippen molar-refractivity contribution in [3.05, 3.63) is 0 Å². The Kier molecular flexibility index (Phi) is 2.24. The molecule has 0 N–H and O–H groups in total. The average Bonchev–Trinajstić information content (AvgIpc) is 2.80. The Morgan fingerprint density at radius 3 is 2.73 bits per heavy atom. The molecule has 84 valence electrons. The molecule has 0 spiro atoms. The minimum Gasteiger partial charge on any atom is -0.443 e. The highest BCUT2D eigenvalue weighted by molar-refractivity contribution is 5.95. The molecule has 0 radical (unpaired) electrons. The van der Waals surface area contributed by atoms with Gasteiger partial charge in [0.1, 0.15) is 5.60 Å². The van der Waals surface area contributed by atoms with E-state index < -0.39 is 11.7 Å². The molecule has 2 atom stereocenters. The summed E-state index contributed by atoms with van der Waals surface area (Å²) in [5.41, 5.74) is -0.530. The van der Waals surface area contributed by atoms with E-state index in [-0.39, 0.29) is 11.8 Å². The first-order valence-electron chi connectivity index (χ1n) is 5.43. The van der Waals surface area contributed by atoms with Crippen LogP contribution in [0.1, 0.15) is 33.6 Å². The number of carbonyl (C=O) groups excluding carboxylic acids is 2. The topological polar surface area (TPSA) is 46.6 Å². The number of nitrogens with zero attached hydrogens (tertiary/aromatic N) is 1. The van der Waals surface area contributed by atoms with Crippen LogP contribution in [0.15, 0.2) is 0 Å². The third-order valence-electron chi connectivity index (χ3n) is 2.84. The number of carbonyl (C=O) groups is 2. The Labute approximate surface area is 89.6 Å². The molecule has 2 rings (SSSR count). The van der Waals surface area contributed by atoms with Gasteiger partial charge in [-0.2, -0.15) is 0 Å². The highest BCUT2D eigenvalue weighted by atomic mass is 16.6. The fourth-order valence-electron chi connectivity index (χ4n) is 1.97. The molecule has 1 aliphatic heterocycles. The van der Waals surface area contributed by atoms with Crippen molar-refractivity contribution < 1.29 is 14.3 Å². The molecular weight excluding hydrogens is 194 g/mol. The van der Waals surface area contributed by atoms with Gasteiger partial charge < -0.3 is 4.74 Å². The Hall–Kier alpha value is -1.06. The van der Waals surface area contributed by atoms with Gasteiger partial charge in [0.2, 0.25) is 5.91 Å². The van der Waals surface area contributed by atoms with Crippen LogP contribution in [0, 0.1) is 11.8 Å². The number of hydrogen-bond donors (Lipinski definition) is 0. The predicted molar refractivity (Wildman–Crippen MR) is 54.2 cm³/mol. The van der Waals surface area contributed by atoms with Crippen LogP contribution in [-0.2, 0) is 9.53 Å². The molecule has 1 heterocycles. The molecule has 0 bridgehead atoms. The van der Waals surface area contributed by atoms with E-state index in [9.17, 15) is 9.59 Å². The number of likely N-dealkylation sites (tertiary alicyclic amines) is 1. The quantitative estimate of drug-likeness (QED) is 0.613. The van der Waals surface area contributed by atoms with Gasteiger partial charge in [-0.25, -0.2) is 9.69 Å². The minimum absolute atomic E-state index is 0.0412. The first-order valence-corrected chi connectivity index (χ1v) is 5.43. The van der Waals surface area contributed by atoms with Crippen LogP contribution in [-0.4, -0.2) is 29.0 Å². The zero-order valence-electron chi connectivity index (χ0n) is 9.45. The smallest absolute Gasteiger partial charge is 0.417 e. The molecule has 2 amide bonds. The van der Waals surface area contributed by atoms with E-state index in [0.29, 0.717) is 12.5 Å². The summed E-state index contributed by atoms with van der Waals surface area (Å²) in [6, 6.07) is 0. The summed E-state index contributed by atoms with van der Waals surface area (Å²) in [7, 11) is 0. The van der Waals surface area contributed by atoms with Gasteiger partial charge in [0, 0.05) is 12.5 Å². The van der Waals surface area contributed by atoms with Crippen LogP contribution in [0.5, 0.6) is 0 Å². The maximum absolute atomic E-state index is 11.7. The maximum Gasteiger partial charge on any atom is 0.417 e. The number of amides is 2. The maximum atomic E-state index is 11.7. The van der Waals surface area contributed by atoms with Gasteiger partial charge in [-0.1, -0.05) is 0 Å². The fraction of sp³-hybridized carbons (Fsp3) is 0.818. The van der Waals surface area contributed by atoms with Crippen LogP contribution < -0.4 is 0 Å². The van der Waals surface area contributed by atoms with Crippen LogP contribution >= 0.6 is 0 Å². The van der Waals surface area contributed by atoms with Crippen molar-refractivity contribution >= 4 is 12.0 Å². The number of imide groups is 1. The van der Waals surface area contributed by atoms with E-state index in [0.717, 1.165) is 12.8 Å². The zero-order chi connectivity index (χ0) is 11.2. The van der Waals surface area contributed by atoms with Crippen LogP contribution in [0.4, 0.5) is 4.79 Å². The number of piperidine rings is 1. The van der Waals surface area contributed by atoms with Gasteiger partial charge in [-0.15, -0.1) is 0 Å². The SMILES string of the molecule is CC(C)(C)OC(=O)N1CCC2CC2C1=O. The van der Waals surface area contributed by atoms with Gasteiger partial charge >= 0.3 is 6.09 Å². The largest absolute Gasteiger partial charge is 0.443 e. The van der Waals surface area contributed by atoms with Crippen LogP contribution in [0.25, 0.3) is 0 Å². The van der Waals surface area contributed by atoms with Crippen LogP contribution in [0.3, 0.4) is 0 Å². The lowest BCUT2D eigenvalue weighted by molar-refractivity contribution is -0.133. The fourth-order valence-corrected chi connectivity index (χ4v) is 1.97. The third kappa shape index (κ3) is 2.13. The zero-order valence-corrected chi connectivity index (χ0v) is 9.45. The summed E-state index contributed by atoms with van der Waals surface area (Å²) < 4.78 is 5.18. The molecule has 2 fully saturated rings. The molecule has 1 saturated carbocycles. The molecule has 15 heavy (non-hydrogen) atoms. The van der Waals surface area contributed by atoms with Gasteiger partial charge in [0.05, 0.1) is 0 Å². The monoisotopic (exact) mass is 211 g/mol. The normalized spacial score (nSPS) is 29.8. The highest BCUT2D eigenvalue weighted by Crippen LogP contribution is 2.45. The van der Waals surface area contributed by atoms with Crippen molar-refractivity contribution in [1.29, 1.82) is 0 Å².